The molecule has 2 aromatic rings. The fourth-order valence-corrected chi connectivity index (χ4v) is 3.14. The Labute approximate surface area is 150 Å². The number of rotatable bonds is 5. The molecule has 1 N–H and O–H groups in total. The number of nitrogens with one attached hydrogen (secondary N) is 1. The van der Waals surface area contributed by atoms with Crippen LogP contribution in [0.1, 0.15) is 35.8 Å². The van der Waals surface area contributed by atoms with E-state index in [2.05, 4.69) is 10.4 Å². The Hall–Kier alpha value is -1.56. The number of halogens is 2. The summed E-state index contributed by atoms with van der Waals surface area (Å²) in [5.74, 6) is -0.131. The number of hydrogen-bond acceptors (Lipinski definition) is 3. The number of benzene rings is 1. The van der Waals surface area contributed by atoms with Crippen molar-refractivity contribution >= 4 is 29.1 Å². The van der Waals surface area contributed by atoms with Crippen molar-refractivity contribution in [1.82, 2.24) is 15.1 Å². The Kier molecular flexibility index (Phi) is 5.43. The summed E-state index contributed by atoms with van der Waals surface area (Å²) in [6.45, 7) is 3.29. The monoisotopic (exact) mass is 367 g/mol. The zero-order valence-electron chi connectivity index (χ0n) is 13.4. The first-order valence-electron chi connectivity index (χ1n) is 8.02. The van der Waals surface area contributed by atoms with Gasteiger partial charge in [0.05, 0.1) is 39.3 Å². The van der Waals surface area contributed by atoms with Crippen molar-refractivity contribution in [2.45, 2.75) is 32.3 Å². The molecule has 0 saturated carbocycles. The van der Waals surface area contributed by atoms with Crippen LogP contribution in [-0.4, -0.2) is 34.9 Å². The number of ether oxygens (including phenoxy) is 1. The lowest BCUT2D eigenvalue weighted by molar-refractivity contribution is 0.0857. The van der Waals surface area contributed by atoms with E-state index in [1.807, 2.05) is 13.0 Å². The van der Waals surface area contributed by atoms with Gasteiger partial charge in [-0.05, 0) is 37.5 Å². The van der Waals surface area contributed by atoms with E-state index in [-0.39, 0.29) is 12.0 Å². The highest BCUT2D eigenvalue weighted by Crippen LogP contribution is 2.25. The molecule has 128 valence electrons. The molecule has 1 aromatic heterocycles. The summed E-state index contributed by atoms with van der Waals surface area (Å²) in [5, 5.41) is 8.23. The maximum absolute atomic E-state index is 12.5. The molecule has 24 heavy (non-hydrogen) atoms. The van der Waals surface area contributed by atoms with E-state index in [4.69, 9.17) is 27.9 Å². The summed E-state index contributed by atoms with van der Waals surface area (Å²) >= 11 is 12.0. The molecule has 1 aromatic carbocycles. The van der Waals surface area contributed by atoms with E-state index in [1.54, 1.807) is 23.0 Å². The maximum Gasteiger partial charge on any atom is 0.254 e. The van der Waals surface area contributed by atoms with Gasteiger partial charge in [0.2, 0.25) is 0 Å². The molecule has 0 radical (unpaired) electrons. The second-order valence-corrected chi connectivity index (χ2v) is 6.53. The van der Waals surface area contributed by atoms with E-state index in [0.717, 1.165) is 30.8 Å². The molecule has 1 fully saturated rings. The van der Waals surface area contributed by atoms with Crippen LogP contribution in [0.15, 0.2) is 24.4 Å². The highest BCUT2D eigenvalue weighted by Gasteiger charge is 2.20. The fourth-order valence-electron chi connectivity index (χ4n) is 2.85. The van der Waals surface area contributed by atoms with Crippen molar-refractivity contribution < 1.29 is 9.53 Å². The molecule has 1 aliphatic heterocycles. The Balaban J connectivity index is 1.80. The van der Waals surface area contributed by atoms with E-state index < -0.39 is 0 Å². The van der Waals surface area contributed by atoms with Gasteiger partial charge in [0, 0.05) is 13.2 Å². The third kappa shape index (κ3) is 3.58. The van der Waals surface area contributed by atoms with Crippen LogP contribution in [0.3, 0.4) is 0 Å². The van der Waals surface area contributed by atoms with Crippen LogP contribution in [0.4, 0.5) is 0 Å². The lowest BCUT2D eigenvalue weighted by atomic mass is 10.1. The summed E-state index contributed by atoms with van der Waals surface area (Å²) in [6, 6.07) is 5.29. The SMILES string of the molecule is CCc1c(C(=O)NCC2CCCO2)cnn1-c1ccc(Cl)c(Cl)c1. The Morgan fingerprint density at radius 1 is 1.42 bits per heavy atom. The molecule has 3 rings (SSSR count). The van der Waals surface area contributed by atoms with E-state index in [9.17, 15) is 4.79 Å². The van der Waals surface area contributed by atoms with Gasteiger partial charge in [0.25, 0.3) is 5.91 Å². The van der Waals surface area contributed by atoms with Crippen molar-refractivity contribution in [3.63, 3.8) is 0 Å². The predicted octanol–water partition coefficient (Wildman–Crippen LogP) is 3.65. The smallest absolute Gasteiger partial charge is 0.254 e. The minimum absolute atomic E-state index is 0.115. The number of nitrogens with zero attached hydrogens (tertiary/aromatic N) is 2. The molecule has 2 heterocycles. The van der Waals surface area contributed by atoms with E-state index in [1.165, 1.54) is 0 Å². The topological polar surface area (TPSA) is 56.1 Å². The summed E-state index contributed by atoms with van der Waals surface area (Å²) in [6.07, 6.45) is 4.42. The third-order valence-corrected chi connectivity index (χ3v) is 4.85. The first-order valence-corrected chi connectivity index (χ1v) is 8.78. The van der Waals surface area contributed by atoms with Crippen molar-refractivity contribution in [3.8, 4) is 5.69 Å². The lowest BCUT2D eigenvalue weighted by Crippen LogP contribution is -2.32. The van der Waals surface area contributed by atoms with Gasteiger partial charge in [-0.2, -0.15) is 5.10 Å². The second-order valence-electron chi connectivity index (χ2n) is 5.71. The maximum atomic E-state index is 12.5. The molecular weight excluding hydrogens is 349 g/mol. The van der Waals surface area contributed by atoms with E-state index in [0.29, 0.717) is 28.6 Å². The summed E-state index contributed by atoms with van der Waals surface area (Å²) in [5.41, 5.74) is 2.18. The standard InChI is InChI=1S/C17H19Cl2N3O2/c1-2-16-13(17(23)20-9-12-4-3-7-24-12)10-21-22(16)11-5-6-14(18)15(19)8-11/h5-6,8,10,12H,2-4,7,9H2,1H3,(H,20,23). The van der Waals surface area contributed by atoms with Gasteiger partial charge in [-0.3, -0.25) is 4.79 Å². The molecule has 1 amide bonds. The third-order valence-electron chi connectivity index (χ3n) is 4.11. The Morgan fingerprint density at radius 3 is 2.92 bits per heavy atom. The fraction of sp³-hybridized carbons (Fsp3) is 0.412. The minimum atomic E-state index is -0.131. The largest absolute Gasteiger partial charge is 0.376 e. The molecule has 0 aliphatic carbocycles. The van der Waals surface area contributed by atoms with Crippen molar-refractivity contribution in [3.05, 3.63) is 45.7 Å². The lowest BCUT2D eigenvalue weighted by Gasteiger charge is -2.12. The van der Waals surface area contributed by atoms with Crippen molar-refractivity contribution in [1.29, 1.82) is 0 Å². The zero-order valence-corrected chi connectivity index (χ0v) is 14.9. The summed E-state index contributed by atoms with van der Waals surface area (Å²) in [4.78, 5) is 12.5. The molecule has 1 atom stereocenters. The minimum Gasteiger partial charge on any atom is -0.376 e. The average Bonchev–Trinajstić information content (AvgIpc) is 3.24. The van der Waals surface area contributed by atoms with Crippen LogP contribution in [0.25, 0.3) is 5.69 Å². The van der Waals surface area contributed by atoms with Gasteiger partial charge in [-0.25, -0.2) is 4.68 Å². The molecule has 0 spiro atoms. The van der Waals surface area contributed by atoms with Crippen LogP contribution in [0.2, 0.25) is 10.0 Å². The van der Waals surface area contributed by atoms with Crippen LogP contribution in [0.5, 0.6) is 0 Å². The molecule has 0 bridgehead atoms. The molecule has 1 aliphatic rings. The van der Waals surface area contributed by atoms with E-state index >= 15 is 0 Å². The molecule has 1 saturated heterocycles. The van der Waals surface area contributed by atoms with Crippen molar-refractivity contribution in [2.24, 2.45) is 0 Å². The Bertz CT molecular complexity index is 739. The normalized spacial score (nSPS) is 17.2. The summed E-state index contributed by atoms with van der Waals surface area (Å²) in [7, 11) is 0. The molecule has 1 unspecified atom stereocenters. The molecule has 7 heteroatoms. The van der Waals surface area contributed by atoms with Crippen LogP contribution in [-0.2, 0) is 11.2 Å². The molecule has 5 nitrogen and oxygen atoms in total. The zero-order chi connectivity index (χ0) is 17.1. The van der Waals surface area contributed by atoms with Crippen LogP contribution >= 0.6 is 23.2 Å². The summed E-state index contributed by atoms with van der Waals surface area (Å²) < 4.78 is 7.26. The van der Waals surface area contributed by atoms with Gasteiger partial charge in [0.1, 0.15) is 0 Å². The second kappa shape index (κ2) is 7.55. The number of aromatic nitrogens is 2. The highest BCUT2D eigenvalue weighted by atomic mass is 35.5. The van der Waals surface area contributed by atoms with Gasteiger partial charge in [0.15, 0.2) is 0 Å². The number of amides is 1. The number of hydrogen-bond donors (Lipinski definition) is 1. The van der Waals surface area contributed by atoms with Gasteiger partial charge < -0.3 is 10.1 Å². The quantitative estimate of drug-likeness (QED) is 0.877. The predicted molar refractivity (Wildman–Crippen MR) is 94.3 cm³/mol. The van der Waals surface area contributed by atoms with Gasteiger partial charge in [-0.1, -0.05) is 30.1 Å². The average molecular weight is 368 g/mol. The van der Waals surface area contributed by atoms with Crippen molar-refractivity contribution in [2.75, 3.05) is 13.2 Å². The van der Waals surface area contributed by atoms with Gasteiger partial charge in [-0.15, -0.1) is 0 Å². The van der Waals surface area contributed by atoms with Gasteiger partial charge >= 0.3 is 0 Å². The Morgan fingerprint density at radius 2 is 2.25 bits per heavy atom. The first-order chi connectivity index (χ1) is 11.6. The van der Waals surface area contributed by atoms with Crippen LogP contribution in [0, 0.1) is 0 Å². The number of carbonyl (C=O) groups is 1. The highest BCUT2D eigenvalue weighted by molar-refractivity contribution is 6.42. The molecular formula is C17H19Cl2N3O2. The van der Waals surface area contributed by atoms with Crippen LogP contribution < -0.4 is 5.32 Å². The number of carbonyl (C=O) groups excluding carboxylic acids is 1. The first kappa shape index (κ1) is 17.3.